The molecule has 0 bridgehead atoms. The number of halogens is 1. The number of imidazole rings is 1. The SMILES string of the molecule is Cc1c(Cl)cccc1-n1ccnc1SCC(=O)NCc1ccc2c(c1)OCO2. The van der Waals surface area contributed by atoms with Crippen LogP contribution in [0, 0.1) is 6.92 Å². The van der Waals surface area contributed by atoms with Gasteiger partial charge in [-0.3, -0.25) is 9.36 Å². The molecule has 1 aliphatic heterocycles. The number of rotatable bonds is 6. The molecule has 1 aliphatic rings. The molecule has 2 aromatic carbocycles. The van der Waals surface area contributed by atoms with E-state index in [1.165, 1.54) is 11.8 Å². The number of hydrogen-bond acceptors (Lipinski definition) is 5. The molecule has 0 saturated heterocycles. The molecule has 2 heterocycles. The maximum Gasteiger partial charge on any atom is 0.231 e. The first-order valence-corrected chi connectivity index (χ1v) is 10.0. The van der Waals surface area contributed by atoms with Gasteiger partial charge >= 0.3 is 0 Å². The number of ether oxygens (including phenoxy) is 2. The van der Waals surface area contributed by atoms with Gasteiger partial charge in [0, 0.05) is 24.0 Å². The van der Waals surface area contributed by atoms with Gasteiger partial charge in [0.15, 0.2) is 16.7 Å². The van der Waals surface area contributed by atoms with Gasteiger partial charge in [-0.25, -0.2) is 4.98 Å². The molecular formula is C20H18ClN3O3S. The fraction of sp³-hybridized carbons (Fsp3) is 0.200. The standard InChI is InChI=1S/C20H18ClN3O3S/c1-13-15(21)3-2-4-16(13)24-8-7-22-20(24)28-11-19(25)23-10-14-5-6-17-18(9-14)27-12-26-17/h2-9H,10-12H2,1H3,(H,23,25). The van der Waals surface area contributed by atoms with E-state index in [2.05, 4.69) is 10.3 Å². The summed E-state index contributed by atoms with van der Waals surface area (Å²) in [7, 11) is 0. The first-order valence-electron chi connectivity index (χ1n) is 8.68. The van der Waals surface area contributed by atoms with Crippen LogP contribution < -0.4 is 14.8 Å². The molecule has 0 aliphatic carbocycles. The van der Waals surface area contributed by atoms with Crippen molar-refractivity contribution in [3.63, 3.8) is 0 Å². The van der Waals surface area contributed by atoms with E-state index in [0.717, 1.165) is 27.7 Å². The topological polar surface area (TPSA) is 65.4 Å². The number of carbonyl (C=O) groups excluding carboxylic acids is 1. The average Bonchev–Trinajstić information content (AvgIpc) is 3.35. The van der Waals surface area contributed by atoms with Crippen molar-refractivity contribution in [3.05, 3.63) is 64.9 Å². The second-order valence-electron chi connectivity index (χ2n) is 6.22. The van der Waals surface area contributed by atoms with Crippen LogP contribution in [0.5, 0.6) is 11.5 Å². The van der Waals surface area contributed by atoms with Gasteiger partial charge in [-0.05, 0) is 42.3 Å². The van der Waals surface area contributed by atoms with Crippen LogP contribution in [0.4, 0.5) is 0 Å². The average molecular weight is 416 g/mol. The molecule has 4 rings (SSSR count). The van der Waals surface area contributed by atoms with E-state index >= 15 is 0 Å². The third-order valence-electron chi connectivity index (χ3n) is 4.36. The van der Waals surface area contributed by atoms with E-state index in [1.807, 2.05) is 54.1 Å². The number of nitrogens with zero attached hydrogens (tertiary/aromatic N) is 2. The van der Waals surface area contributed by atoms with Crippen molar-refractivity contribution in [1.82, 2.24) is 14.9 Å². The van der Waals surface area contributed by atoms with Gasteiger partial charge in [-0.15, -0.1) is 0 Å². The van der Waals surface area contributed by atoms with Crippen molar-refractivity contribution >= 4 is 29.3 Å². The van der Waals surface area contributed by atoms with Crippen LogP contribution in [0.1, 0.15) is 11.1 Å². The molecule has 0 atom stereocenters. The fourth-order valence-corrected chi connectivity index (χ4v) is 3.84. The Morgan fingerprint density at radius 1 is 1.29 bits per heavy atom. The number of benzene rings is 2. The second-order valence-corrected chi connectivity index (χ2v) is 7.57. The van der Waals surface area contributed by atoms with E-state index in [9.17, 15) is 4.79 Å². The molecule has 6 nitrogen and oxygen atoms in total. The maximum atomic E-state index is 12.3. The summed E-state index contributed by atoms with van der Waals surface area (Å²) in [6.45, 7) is 2.63. The quantitative estimate of drug-likeness (QED) is 0.617. The normalized spacial score (nSPS) is 12.2. The zero-order valence-corrected chi connectivity index (χ0v) is 16.7. The largest absolute Gasteiger partial charge is 0.454 e. The number of amides is 1. The van der Waals surface area contributed by atoms with Gasteiger partial charge in [0.05, 0.1) is 11.4 Å². The van der Waals surface area contributed by atoms with E-state index in [-0.39, 0.29) is 18.5 Å². The molecule has 0 saturated carbocycles. The van der Waals surface area contributed by atoms with Gasteiger partial charge < -0.3 is 14.8 Å². The van der Waals surface area contributed by atoms with Crippen LogP contribution in [0.3, 0.4) is 0 Å². The van der Waals surface area contributed by atoms with Crippen LogP contribution in [0.15, 0.2) is 53.9 Å². The minimum absolute atomic E-state index is 0.0694. The molecule has 0 unspecified atom stereocenters. The lowest BCUT2D eigenvalue weighted by Gasteiger charge is -2.11. The summed E-state index contributed by atoms with van der Waals surface area (Å²) in [5, 5.41) is 4.36. The predicted octanol–water partition coefficient (Wildman–Crippen LogP) is 3.97. The third-order valence-corrected chi connectivity index (χ3v) is 5.74. The molecule has 0 fully saturated rings. The molecule has 1 N–H and O–H groups in total. The van der Waals surface area contributed by atoms with E-state index < -0.39 is 0 Å². The summed E-state index contributed by atoms with van der Waals surface area (Å²) < 4.78 is 12.6. The monoisotopic (exact) mass is 415 g/mol. The van der Waals surface area contributed by atoms with Crippen molar-refractivity contribution < 1.29 is 14.3 Å². The Morgan fingerprint density at radius 2 is 2.14 bits per heavy atom. The first-order chi connectivity index (χ1) is 13.6. The lowest BCUT2D eigenvalue weighted by atomic mass is 10.2. The maximum absolute atomic E-state index is 12.3. The summed E-state index contributed by atoms with van der Waals surface area (Å²) in [6.07, 6.45) is 3.58. The molecule has 28 heavy (non-hydrogen) atoms. The lowest BCUT2D eigenvalue weighted by Crippen LogP contribution is -2.24. The highest BCUT2D eigenvalue weighted by Crippen LogP contribution is 2.32. The third kappa shape index (κ3) is 3.95. The van der Waals surface area contributed by atoms with Crippen LogP contribution in [-0.4, -0.2) is 28.0 Å². The number of fused-ring (bicyclic) bond motifs is 1. The second kappa shape index (κ2) is 8.16. The van der Waals surface area contributed by atoms with Crippen LogP contribution in [-0.2, 0) is 11.3 Å². The Bertz CT molecular complexity index is 1020. The highest BCUT2D eigenvalue weighted by Gasteiger charge is 2.14. The molecule has 0 radical (unpaired) electrons. The summed E-state index contributed by atoms with van der Waals surface area (Å²) >= 11 is 7.60. The minimum atomic E-state index is -0.0694. The summed E-state index contributed by atoms with van der Waals surface area (Å²) in [5.41, 5.74) is 2.88. The lowest BCUT2D eigenvalue weighted by molar-refractivity contribution is -0.118. The predicted molar refractivity (Wildman–Crippen MR) is 108 cm³/mol. The van der Waals surface area contributed by atoms with Crippen molar-refractivity contribution in [1.29, 1.82) is 0 Å². The van der Waals surface area contributed by atoms with Gasteiger partial charge in [0.25, 0.3) is 0 Å². The molecule has 1 aromatic heterocycles. The Hall–Kier alpha value is -2.64. The van der Waals surface area contributed by atoms with Crippen LogP contribution >= 0.6 is 23.4 Å². The number of thioether (sulfide) groups is 1. The molecule has 0 spiro atoms. The number of carbonyl (C=O) groups is 1. The minimum Gasteiger partial charge on any atom is -0.454 e. The molecular weight excluding hydrogens is 398 g/mol. The summed E-state index contributed by atoms with van der Waals surface area (Å²) in [6, 6.07) is 11.4. The highest BCUT2D eigenvalue weighted by molar-refractivity contribution is 7.99. The van der Waals surface area contributed by atoms with E-state index in [1.54, 1.807) is 6.20 Å². The van der Waals surface area contributed by atoms with Crippen molar-refractivity contribution in [2.75, 3.05) is 12.5 Å². The number of aromatic nitrogens is 2. The molecule has 8 heteroatoms. The summed E-state index contributed by atoms with van der Waals surface area (Å²) in [4.78, 5) is 16.6. The number of hydrogen-bond donors (Lipinski definition) is 1. The zero-order valence-electron chi connectivity index (χ0n) is 15.1. The van der Waals surface area contributed by atoms with Gasteiger partial charge in [-0.1, -0.05) is 35.5 Å². The van der Waals surface area contributed by atoms with Crippen LogP contribution in [0.25, 0.3) is 5.69 Å². The van der Waals surface area contributed by atoms with Crippen molar-refractivity contribution in [2.45, 2.75) is 18.6 Å². The Labute approximate surface area is 171 Å². The van der Waals surface area contributed by atoms with E-state index in [4.69, 9.17) is 21.1 Å². The molecule has 1 amide bonds. The van der Waals surface area contributed by atoms with Gasteiger partial charge in [-0.2, -0.15) is 0 Å². The Kier molecular flexibility index (Phi) is 5.45. The van der Waals surface area contributed by atoms with Gasteiger partial charge in [0.1, 0.15) is 0 Å². The molecule has 3 aromatic rings. The van der Waals surface area contributed by atoms with E-state index in [0.29, 0.717) is 17.3 Å². The smallest absolute Gasteiger partial charge is 0.231 e. The zero-order chi connectivity index (χ0) is 19.5. The Morgan fingerprint density at radius 3 is 3.04 bits per heavy atom. The fourth-order valence-electron chi connectivity index (χ4n) is 2.87. The highest BCUT2D eigenvalue weighted by atomic mass is 35.5. The first kappa shape index (κ1) is 18.7. The van der Waals surface area contributed by atoms with Crippen LogP contribution in [0.2, 0.25) is 5.02 Å². The number of nitrogens with one attached hydrogen (secondary N) is 1. The molecule has 144 valence electrons. The summed E-state index contributed by atoms with van der Waals surface area (Å²) in [5.74, 6) is 1.63. The van der Waals surface area contributed by atoms with Crippen molar-refractivity contribution in [3.8, 4) is 17.2 Å². The van der Waals surface area contributed by atoms with Crippen molar-refractivity contribution in [2.24, 2.45) is 0 Å². The Balaban J connectivity index is 1.36. The van der Waals surface area contributed by atoms with Gasteiger partial charge in [0.2, 0.25) is 12.7 Å².